The number of nitrogens with two attached hydrogens (primary N) is 1. The van der Waals surface area contributed by atoms with Gasteiger partial charge >= 0.3 is 0 Å². The quantitative estimate of drug-likeness (QED) is 0.759. The summed E-state index contributed by atoms with van der Waals surface area (Å²) in [6.07, 6.45) is 0.387. The monoisotopic (exact) mass is 208 g/mol. The molecule has 78 valence electrons. The molecule has 1 aromatic rings. The van der Waals surface area contributed by atoms with Crippen molar-refractivity contribution in [1.82, 2.24) is 0 Å². The van der Waals surface area contributed by atoms with Gasteiger partial charge in [0.1, 0.15) is 11.6 Å². The summed E-state index contributed by atoms with van der Waals surface area (Å²) in [5.41, 5.74) is 5.77. The minimum absolute atomic E-state index is 0.00278. The second-order valence-corrected chi connectivity index (χ2v) is 2.98. The highest BCUT2D eigenvalue weighted by Crippen LogP contribution is 2.19. The molecule has 0 radical (unpaired) electrons. The van der Waals surface area contributed by atoms with Crippen molar-refractivity contribution in [1.29, 1.82) is 5.26 Å². The molecule has 2 nitrogen and oxygen atoms in total. The van der Waals surface area contributed by atoms with Crippen molar-refractivity contribution >= 4 is 5.70 Å². The molecular weight excluding hydrogens is 198 g/mol. The van der Waals surface area contributed by atoms with Gasteiger partial charge < -0.3 is 5.73 Å². The van der Waals surface area contributed by atoms with Crippen LogP contribution < -0.4 is 5.73 Å². The first kappa shape index (κ1) is 11.2. The van der Waals surface area contributed by atoms with Crippen molar-refractivity contribution in [3.8, 4) is 6.07 Å². The van der Waals surface area contributed by atoms with Crippen LogP contribution in [0.1, 0.15) is 18.9 Å². The van der Waals surface area contributed by atoms with E-state index in [1.54, 1.807) is 6.92 Å². The average molecular weight is 208 g/mol. The maximum atomic E-state index is 13.3. The number of hydrogen-bond donors (Lipinski definition) is 1. The van der Waals surface area contributed by atoms with Crippen molar-refractivity contribution in [3.63, 3.8) is 0 Å². The molecule has 0 amide bonds. The van der Waals surface area contributed by atoms with Crippen LogP contribution in [0.25, 0.3) is 5.70 Å². The van der Waals surface area contributed by atoms with E-state index in [4.69, 9.17) is 11.0 Å². The molecule has 0 unspecified atom stereocenters. The van der Waals surface area contributed by atoms with Crippen molar-refractivity contribution in [2.45, 2.75) is 13.3 Å². The van der Waals surface area contributed by atoms with Gasteiger partial charge in [-0.1, -0.05) is 6.92 Å². The van der Waals surface area contributed by atoms with E-state index in [0.29, 0.717) is 6.42 Å². The van der Waals surface area contributed by atoms with Crippen LogP contribution in [0.4, 0.5) is 8.78 Å². The second-order valence-electron chi connectivity index (χ2n) is 2.98. The van der Waals surface area contributed by atoms with Crippen LogP contribution in [-0.2, 0) is 0 Å². The lowest BCUT2D eigenvalue weighted by molar-refractivity contribution is 0.596. The average Bonchev–Trinajstić information content (AvgIpc) is 2.23. The van der Waals surface area contributed by atoms with Crippen molar-refractivity contribution in [2.75, 3.05) is 0 Å². The lowest BCUT2D eigenvalue weighted by atomic mass is 10.1. The fourth-order valence-corrected chi connectivity index (χ4v) is 1.20. The highest BCUT2D eigenvalue weighted by molar-refractivity contribution is 5.69. The van der Waals surface area contributed by atoms with Crippen LogP contribution in [-0.4, -0.2) is 0 Å². The summed E-state index contributed by atoms with van der Waals surface area (Å²) in [4.78, 5) is 0. The van der Waals surface area contributed by atoms with Gasteiger partial charge in [-0.05, 0) is 24.6 Å². The molecule has 0 saturated heterocycles. The molecule has 0 bridgehead atoms. The van der Waals surface area contributed by atoms with Crippen molar-refractivity contribution < 1.29 is 8.78 Å². The minimum Gasteiger partial charge on any atom is -0.397 e. The van der Waals surface area contributed by atoms with E-state index in [-0.39, 0.29) is 16.8 Å². The Balaban J connectivity index is 3.34. The summed E-state index contributed by atoms with van der Waals surface area (Å²) >= 11 is 0. The van der Waals surface area contributed by atoms with Gasteiger partial charge in [-0.2, -0.15) is 5.26 Å². The van der Waals surface area contributed by atoms with Crippen molar-refractivity contribution in [3.05, 3.63) is 41.0 Å². The lowest BCUT2D eigenvalue weighted by Gasteiger charge is -2.05. The predicted molar refractivity (Wildman–Crippen MR) is 53.4 cm³/mol. The number of nitrogens with zero attached hydrogens (tertiary/aromatic N) is 1. The molecule has 0 heterocycles. The minimum atomic E-state index is -0.630. The van der Waals surface area contributed by atoms with Gasteiger partial charge in [-0.25, -0.2) is 8.78 Å². The Bertz CT molecular complexity index is 444. The Labute approximate surface area is 86.6 Å². The molecule has 0 fully saturated rings. The van der Waals surface area contributed by atoms with Gasteiger partial charge in [0.05, 0.1) is 17.3 Å². The highest BCUT2D eigenvalue weighted by Gasteiger charge is 2.10. The largest absolute Gasteiger partial charge is 0.397 e. The van der Waals surface area contributed by atoms with Gasteiger partial charge in [0, 0.05) is 5.56 Å². The second kappa shape index (κ2) is 4.56. The number of nitriles is 1. The number of allylic oxidation sites excluding steroid dienone is 1. The molecule has 2 N–H and O–H groups in total. The Kier molecular flexibility index (Phi) is 3.40. The Morgan fingerprint density at radius 1 is 1.47 bits per heavy atom. The molecule has 0 spiro atoms. The molecule has 0 atom stereocenters. The highest BCUT2D eigenvalue weighted by atomic mass is 19.1. The van der Waals surface area contributed by atoms with Crippen LogP contribution in [0, 0.1) is 23.0 Å². The Morgan fingerprint density at radius 3 is 2.67 bits per heavy atom. The molecule has 1 aromatic carbocycles. The Morgan fingerprint density at radius 2 is 2.13 bits per heavy atom. The van der Waals surface area contributed by atoms with Crippen molar-refractivity contribution in [2.24, 2.45) is 5.73 Å². The molecule has 1 rings (SSSR count). The molecule has 0 aliphatic heterocycles. The first-order valence-electron chi connectivity index (χ1n) is 4.44. The van der Waals surface area contributed by atoms with Gasteiger partial charge in [-0.15, -0.1) is 0 Å². The third-order valence-electron chi connectivity index (χ3n) is 2.03. The fraction of sp³-hybridized carbons (Fsp3) is 0.182. The molecule has 0 aliphatic rings. The summed E-state index contributed by atoms with van der Waals surface area (Å²) in [5.74, 6) is -1.21. The van der Waals surface area contributed by atoms with Gasteiger partial charge in [0.25, 0.3) is 0 Å². The molecule has 0 saturated carbocycles. The number of hydrogen-bond acceptors (Lipinski definition) is 2. The predicted octanol–water partition coefficient (Wildman–Crippen LogP) is 2.57. The van der Waals surface area contributed by atoms with E-state index in [0.717, 1.165) is 18.2 Å². The first-order chi connectivity index (χ1) is 7.10. The van der Waals surface area contributed by atoms with Crippen LogP contribution in [0.2, 0.25) is 0 Å². The zero-order chi connectivity index (χ0) is 11.4. The SMILES string of the molecule is CC/C(C#N)=C(/N)c1cc(F)ccc1F. The van der Waals surface area contributed by atoms with Crippen LogP contribution >= 0.6 is 0 Å². The third-order valence-corrected chi connectivity index (χ3v) is 2.03. The zero-order valence-electron chi connectivity index (χ0n) is 8.22. The molecule has 4 heteroatoms. The van der Waals surface area contributed by atoms with Gasteiger partial charge in [0.2, 0.25) is 0 Å². The van der Waals surface area contributed by atoms with E-state index in [2.05, 4.69) is 0 Å². The molecule has 0 aliphatic carbocycles. The maximum absolute atomic E-state index is 13.3. The summed E-state index contributed by atoms with van der Waals surface area (Å²) in [6, 6.07) is 4.84. The molecule has 0 aromatic heterocycles. The maximum Gasteiger partial charge on any atom is 0.132 e. The van der Waals surface area contributed by atoms with Crippen LogP contribution in [0.15, 0.2) is 23.8 Å². The number of halogens is 2. The van der Waals surface area contributed by atoms with E-state index >= 15 is 0 Å². The van der Waals surface area contributed by atoms with E-state index < -0.39 is 11.6 Å². The summed E-state index contributed by atoms with van der Waals surface area (Å²) in [6.45, 7) is 1.72. The first-order valence-corrected chi connectivity index (χ1v) is 4.44. The molecule has 15 heavy (non-hydrogen) atoms. The van der Waals surface area contributed by atoms with E-state index in [9.17, 15) is 8.78 Å². The Hall–Kier alpha value is -1.89. The summed E-state index contributed by atoms with van der Waals surface area (Å²) < 4.78 is 26.1. The van der Waals surface area contributed by atoms with Gasteiger partial charge in [0.15, 0.2) is 0 Å². The van der Waals surface area contributed by atoms with E-state index in [1.165, 1.54) is 0 Å². The normalized spacial score (nSPS) is 11.9. The smallest absolute Gasteiger partial charge is 0.132 e. The van der Waals surface area contributed by atoms with Gasteiger partial charge in [-0.3, -0.25) is 0 Å². The zero-order valence-corrected chi connectivity index (χ0v) is 8.22. The summed E-state index contributed by atoms with van der Waals surface area (Å²) in [7, 11) is 0. The number of benzene rings is 1. The summed E-state index contributed by atoms with van der Waals surface area (Å²) in [5, 5.41) is 8.71. The fourth-order valence-electron chi connectivity index (χ4n) is 1.20. The van der Waals surface area contributed by atoms with Crippen LogP contribution in [0.5, 0.6) is 0 Å². The third kappa shape index (κ3) is 2.32. The lowest BCUT2D eigenvalue weighted by Crippen LogP contribution is -2.03. The molecular formula is C11H10F2N2. The van der Waals surface area contributed by atoms with E-state index in [1.807, 2.05) is 6.07 Å². The standard InChI is InChI=1S/C11H10F2N2/c1-2-7(6-14)11(15)9-5-8(12)3-4-10(9)13/h3-5H,2,15H2,1H3/b11-7-. The number of rotatable bonds is 2. The van der Waals surface area contributed by atoms with Crippen LogP contribution in [0.3, 0.4) is 0 Å². The topological polar surface area (TPSA) is 49.8 Å².